The van der Waals surface area contributed by atoms with Crippen molar-refractivity contribution in [2.75, 3.05) is 6.61 Å². The molecule has 51 heavy (non-hydrogen) atoms. The lowest BCUT2D eigenvalue weighted by Crippen LogP contribution is -2.45. The van der Waals surface area contributed by atoms with Gasteiger partial charge in [0.1, 0.15) is 0 Å². The lowest BCUT2D eigenvalue weighted by Gasteiger charge is -2.19. The van der Waals surface area contributed by atoms with Gasteiger partial charge < -0.3 is 15.5 Å². The van der Waals surface area contributed by atoms with Gasteiger partial charge in [-0.1, -0.05) is 197 Å². The summed E-state index contributed by atoms with van der Waals surface area (Å²) in [5.74, 6) is -0.0826. The van der Waals surface area contributed by atoms with Crippen LogP contribution in [-0.2, 0) is 4.79 Å². The molecule has 2 atom stereocenters. The van der Waals surface area contributed by atoms with E-state index in [1.54, 1.807) is 6.08 Å². The maximum atomic E-state index is 12.4. The molecule has 0 radical (unpaired) electrons. The van der Waals surface area contributed by atoms with Gasteiger partial charge in [-0.2, -0.15) is 0 Å². The summed E-state index contributed by atoms with van der Waals surface area (Å²) >= 11 is 0. The fourth-order valence-corrected chi connectivity index (χ4v) is 6.56. The molecule has 1 amide bonds. The molecule has 0 aliphatic carbocycles. The average molecular weight is 714 g/mol. The number of carbonyl (C=O) groups excluding carboxylic acids is 1. The van der Waals surface area contributed by atoms with Crippen LogP contribution in [0.1, 0.15) is 226 Å². The number of carbonyl (C=O) groups is 1. The van der Waals surface area contributed by atoms with Crippen LogP contribution in [-0.4, -0.2) is 34.9 Å². The van der Waals surface area contributed by atoms with Crippen molar-refractivity contribution in [3.63, 3.8) is 0 Å². The van der Waals surface area contributed by atoms with Crippen LogP contribution < -0.4 is 5.32 Å². The van der Waals surface area contributed by atoms with Gasteiger partial charge in [0.05, 0.1) is 18.8 Å². The van der Waals surface area contributed by atoms with E-state index in [1.165, 1.54) is 167 Å². The summed E-state index contributed by atoms with van der Waals surface area (Å²) in [5, 5.41) is 23.0. The number of aliphatic hydroxyl groups is 2. The Bertz CT molecular complexity index is 816. The molecule has 0 heterocycles. The van der Waals surface area contributed by atoms with E-state index in [0.717, 1.165) is 38.5 Å². The largest absolute Gasteiger partial charge is 0.394 e. The number of hydrogen-bond acceptors (Lipinski definition) is 3. The topological polar surface area (TPSA) is 69.6 Å². The Balaban J connectivity index is 3.61. The van der Waals surface area contributed by atoms with Gasteiger partial charge in [-0.25, -0.2) is 0 Å². The Morgan fingerprint density at radius 2 is 0.765 bits per heavy atom. The molecular formula is C47H87NO3. The lowest BCUT2D eigenvalue weighted by atomic mass is 10.0. The summed E-state index contributed by atoms with van der Waals surface area (Å²) in [6.45, 7) is 4.29. The monoisotopic (exact) mass is 714 g/mol. The fraction of sp³-hybridized carbons (Fsp3) is 0.809. The Hall–Kier alpha value is -1.65. The average Bonchev–Trinajstić information content (AvgIpc) is 3.13. The van der Waals surface area contributed by atoms with Crippen molar-refractivity contribution in [2.24, 2.45) is 0 Å². The van der Waals surface area contributed by atoms with Crippen LogP contribution in [0.4, 0.5) is 0 Å². The second-order valence-corrected chi connectivity index (χ2v) is 15.1. The molecule has 0 saturated carbocycles. The molecule has 0 rings (SSSR count). The quantitative estimate of drug-likeness (QED) is 0.0437. The second-order valence-electron chi connectivity index (χ2n) is 15.1. The summed E-state index contributed by atoms with van der Waals surface area (Å²) < 4.78 is 0. The van der Waals surface area contributed by atoms with E-state index >= 15 is 0 Å². The third kappa shape index (κ3) is 39.4. The van der Waals surface area contributed by atoms with Crippen molar-refractivity contribution in [2.45, 2.75) is 238 Å². The molecule has 298 valence electrons. The minimum atomic E-state index is -0.871. The predicted octanol–water partition coefficient (Wildman–Crippen LogP) is 14.0. The van der Waals surface area contributed by atoms with Gasteiger partial charge in [0.25, 0.3) is 0 Å². The third-order valence-corrected chi connectivity index (χ3v) is 10.0. The maximum Gasteiger partial charge on any atom is 0.220 e. The highest BCUT2D eigenvalue weighted by Crippen LogP contribution is 2.14. The highest BCUT2D eigenvalue weighted by Gasteiger charge is 2.17. The number of amides is 1. The molecule has 0 saturated heterocycles. The number of unbranched alkanes of at least 4 members (excludes halogenated alkanes) is 27. The van der Waals surface area contributed by atoms with Gasteiger partial charge in [0, 0.05) is 6.42 Å². The molecule has 0 aromatic rings. The van der Waals surface area contributed by atoms with E-state index in [2.05, 4.69) is 55.6 Å². The van der Waals surface area contributed by atoms with Gasteiger partial charge in [-0.15, -0.1) is 0 Å². The zero-order chi connectivity index (χ0) is 37.1. The molecule has 0 bridgehead atoms. The van der Waals surface area contributed by atoms with E-state index in [1.807, 2.05) is 6.08 Å². The van der Waals surface area contributed by atoms with Crippen molar-refractivity contribution in [3.8, 4) is 0 Å². The Kier molecular flexibility index (Phi) is 41.4. The first-order chi connectivity index (χ1) is 25.2. The highest BCUT2D eigenvalue weighted by atomic mass is 16.3. The second kappa shape index (κ2) is 42.8. The molecule has 0 aliphatic heterocycles. The van der Waals surface area contributed by atoms with Gasteiger partial charge in [-0.05, 0) is 70.6 Å². The molecule has 4 nitrogen and oxygen atoms in total. The van der Waals surface area contributed by atoms with Crippen molar-refractivity contribution >= 4 is 5.91 Å². The molecule has 4 heteroatoms. The fourth-order valence-electron chi connectivity index (χ4n) is 6.56. The van der Waals surface area contributed by atoms with Crippen LogP contribution in [0.3, 0.4) is 0 Å². The summed E-state index contributed by atoms with van der Waals surface area (Å²) in [7, 11) is 0. The summed E-state index contributed by atoms with van der Waals surface area (Å²) in [6.07, 6.45) is 57.9. The standard InChI is InChI=1S/C47H87NO3/c1-3-5-7-9-11-13-15-17-19-21-22-23-24-25-26-27-29-31-33-35-37-39-41-43-47(51)48-45(44-49)46(50)42-40-38-36-34-32-30-28-20-18-16-14-12-10-8-6-4-2/h18,20,25-26,32,34,40,42,45-46,49-50H,3-17,19,21-24,27-31,33,35-39,41,43-44H2,1-2H3,(H,48,51)/b20-18+,26-25-,34-32+,42-40+. The number of hydrogen-bond donors (Lipinski definition) is 3. The predicted molar refractivity (Wildman–Crippen MR) is 225 cm³/mol. The minimum Gasteiger partial charge on any atom is -0.394 e. The normalized spacial score (nSPS) is 13.4. The number of allylic oxidation sites excluding steroid dienone is 7. The third-order valence-electron chi connectivity index (χ3n) is 10.0. The molecule has 0 aliphatic rings. The van der Waals surface area contributed by atoms with Gasteiger partial charge in [0.2, 0.25) is 5.91 Å². The zero-order valence-corrected chi connectivity index (χ0v) is 34.1. The molecule has 2 unspecified atom stereocenters. The van der Waals surface area contributed by atoms with E-state index in [9.17, 15) is 15.0 Å². The van der Waals surface area contributed by atoms with Crippen LogP contribution in [0.25, 0.3) is 0 Å². The van der Waals surface area contributed by atoms with Crippen LogP contribution in [0.2, 0.25) is 0 Å². The molecule has 0 aromatic carbocycles. The lowest BCUT2D eigenvalue weighted by molar-refractivity contribution is -0.123. The highest BCUT2D eigenvalue weighted by molar-refractivity contribution is 5.76. The maximum absolute atomic E-state index is 12.4. The van der Waals surface area contributed by atoms with E-state index < -0.39 is 12.1 Å². The number of nitrogens with one attached hydrogen (secondary N) is 1. The number of aliphatic hydroxyl groups excluding tert-OH is 2. The molecule has 0 fully saturated rings. The SMILES string of the molecule is CCCCCCCC/C=C/CC/C=C/CC/C=C/C(O)C(CO)NC(=O)CCCCCCCCC/C=C\CCCCCCCCCCCCCC. The van der Waals surface area contributed by atoms with Gasteiger partial charge in [-0.3, -0.25) is 4.79 Å². The number of rotatable bonds is 40. The van der Waals surface area contributed by atoms with Crippen LogP contribution in [0, 0.1) is 0 Å². The van der Waals surface area contributed by atoms with E-state index in [0.29, 0.717) is 6.42 Å². The van der Waals surface area contributed by atoms with Gasteiger partial charge in [0.15, 0.2) is 0 Å². The van der Waals surface area contributed by atoms with E-state index in [4.69, 9.17) is 0 Å². The summed E-state index contributed by atoms with van der Waals surface area (Å²) in [4.78, 5) is 12.4. The first kappa shape index (κ1) is 49.4. The van der Waals surface area contributed by atoms with Crippen molar-refractivity contribution < 1.29 is 15.0 Å². The Labute approximate surface area is 318 Å². The molecular weight excluding hydrogens is 627 g/mol. The first-order valence-electron chi connectivity index (χ1n) is 22.4. The molecule has 0 aromatic heterocycles. The Morgan fingerprint density at radius 3 is 1.14 bits per heavy atom. The smallest absolute Gasteiger partial charge is 0.220 e. The van der Waals surface area contributed by atoms with Crippen LogP contribution >= 0.6 is 0 Å². The first-order valence-corrected chi connectivity index (χ1v) is 22.4. The van der Waals surface area contributed by atoms with Crippen molar-refractivity contribution in [3.05, 3.63) is 48.6 Å². The zero-order valence-electron chi connectivity index (χ0n) is 34.1. The summed E-state index contributed by atoms with van der Waals surface area (Å²) in [5.41, 5.74) is 0. The van der Waals surface area contributed by atoms with Gasteiger partial charge >= 0.3 is 0 Å². The van der Waals surface area contributed by atoms with Crippen molar-refractivity contribution in [1.29, 1.82) is 0 Å². The van der Waals surface area contributed by atoms with E-state index in [-0.39, 0.29) is 12.5 Å². The molecule has 0 spiro atoms. The molecule has 3 N–H and O–H groups in total. The van der Waals surface area contributed by atoms with Crippen LogP contribution in [0.5, 0.6) is 0 Å². The minimum absolute atomic E-state index is 0.0826. The summed E-state index contributed by atoms with van der Waals surface area (Å²) in [6, 6.07) is -0.647. The van der Waals surface area contributed by atoms with Crippen molar-refractivity contribution in [1.82, 2.24) is 5.32 Å². The van der Waals surface area contributed by atoms with Crippen LogP contribution in [0.15, 0.2) is 48.6 Å². The Morgan fingerprint density at radius 1 is 0.451 bits per heavy atom.